The van der Waals surface area contributed by atoms with Crippen molar-refractivity contribution in [2.75, 3.05) is 7.11 Å². The molecular weight excluding hydrogens is 485 g/mol. The molecule has 7 nitrogen and oxygen atoms in total. The second-order valence-electron chi connectivity index (χ2n) is 7.84. The summed E-state index contributed by atoms with van der Waals surface area (Å²) in [5.41, 5.74) is 9.35. The molecule has 36 heavy (non-hydrogen) atoms. The molecule has 0 bridgehead atoms. The fourth-order valence-electron chi connectivity index (χ4n) is 4.03. The summed E-state index contributed by atoms with van der Waals surface area (Å²) in [6, 6.07) is 11.3. The molecule has 0 saturated heterocycles. The van der Waals surface area contributed by atoms with Crippen LogP contribution < -0.4 is 10.5 Å². The quantitative estimate of drug-likeness (QED) is 0.342. The lowest BCUT2D eigenvalue weighted by Gasteiger charge is -2.16. The van der Waals surface area contributed by atoms with Gasteiger partial charge in [-0.15, -0.1) is 0 Å². The standard InChI is InChI=1S/C27H19ClFN3O4/c1-14-17(4-3-5-18(14)20-8-15(12-33)11-32-26(20)27(30)35)19-6-7-31-25(24(19)28)16-9-22(29)21(13-34)23(10-16)36-2/h3-13H,1-2H3,(H2,30,35). The van der Waals surface area contributed by atoms with Gasteiger partial charge >= 0.3 is 0 Å². The van der Waals surface area contributed by atoms with Crippen LogP contribution in [0.5, 0.6) is 5.75 Å². The first-order valence-corrected chi connectivity index (χ1v) is 11.0. The Hall–Kier alpha value is -4.43. The highest BCUT2D eigenvalue weighted by Crippen LogP contribution is 2.40. The number of carbonyl (C=O) groups excluding carboxylic acids is 3. The van der Waals surface area contributed by atoms with Crippen LogP contribution in [0.15, 0.2) is 54.9 Å². The maximum atomic E-state index is 14.6. The molecule has 4 rings (SSSR count). The SMILES string of the molecule is COc1cc(-c2nccc(-c3cccc(-c4cc(C=O)cnc4C(N)=O)c3C)c2Cl)cc(F)c1C=O. The van der Waals surface area contributed by atoms with Gasteiger partial charge in [0.05, 0.1) is 23.4 Å². The fraction of sp³-hybridized carbons (Fsp3) is 0.0741. The van der Waals surface area contributed by atoms with Gasteiger partial charge in [-0.2, -0.15) is 0 Å². The molecule has 0 aliphatic heterocycles. The molecule has 180 valence electrons. The number of pyridine rings is 2. The summed E-state index contributed by atoms with van der Waals surface area (Å²) < 4.78 is 19.7. The normalized spacial score (nSPS) is 10.7. The summed E-state index contributed by atoms with van der Waals surface area (Å²) in [4.78, 5) is 43.0. The number of hydrogen-bond acceptors (Lipinski definition) is 6. The van der Waals surface area contributed by atoms with E-state index in [0.29, 0.717) is 46.0 Å². The average molecular weight is 504 g/mol. The van der Waals surface area contributed by atoms with Crippen molar-refractivity contribution < 1.29 is 23.5 Å². The van der Waals surface area contributed by atoms with Crippen LogP contribution in [0, 0.1) is 12.7 Å². The van der Waals surface area contributed by atoms with Gasteiger partial charge in [0, 0.05) is 34.6 Å². The maximum Gasteiger partial charge on any atom is 0.267 e. The van der Waals surface area contributed by atoms with Crippen molar-refractivity contribution in [3.05, 3.63) is 88.1 Å². The summed E-state index contributed by atoms with van der Waals surface area (Å²) >= 11 is 6.77. The molecule has 0 saturated carbocycles. The highest BCUT2D eigenvalue weighted by molar-refractivity contribution is 6.35. The van der Waals surface area contributed by atoms with Gasteiger partial charge in [-0.3, -0.25) is 19.4 Å². The Morgan fingerprint density at radius 2 is 1.75 bits per heavy atom. The number of benzene rings is 2. The number of halogens is 2. The zero-order chi connectivity index (χ0) is 26.0. The van der Waals surface area contributed by atoms with Gasteiger partial charge in [-0.1, -0.05) is 29.8 Å². The smallest absolute Gasteiger partial charge is 0.267 e. The molecule has 0 atom stereocenters. The lowest BCUT2D eigenvalue weighted by molar-refractivity contribution is 0.0994. The zero-order valence-electron chi connectivity index (χ0n) is 19.2. The summed E-state index contributed by atoms with van der Waals surface area (Å²) in [5, 5.41) is 0.243. The number of primary amides is 1. The average Bonchev–Trinajstić information content (AvgIpc) is 2.88. The highest BCUT2D eigenvalue weighted by Gasteiger charge is 2.20. The van der Waals surface area contributed by atoms with E-state index in [1.807, 2.05) is 13.0 Å². The molecule has 0 aliphatic carbocycles. The molecule has 1 amide bonds. The van der Waals surface area contributed by atoms with E-state index < -0.39 is 11.7 Å². The largest absolute Gasteiger partial charge is 0.496 e. The lowest BCUT2D eigenvalue weighted by atomic mass is 9.91. The van der Waals surface area contributed by atoms with Crippen LogP contribution in [0.1, 0.15) is 36.8 Å². The van der Waals surface area contributed by atoms with Gasteiger partial charge in [0.2, 0.25) is 0 Å². The van der Waals surface area contributed by atoms with E-state index in [0.717, 1.165) is 5.56 Å². The Kier molecular flexibility index (Phi) is 6.89. The third-order valence-corrected chi connectivity index (χ3v) is 6.17. The predicted molar refractivity (Wildman–Crippen MR) is 134 cm³/mol. The predicted octanol–water partition coefficient (Wildman–Crippen LogP) is 5.31. The number of hydrogen-bond donors (Lipinski definition) is 1. The zero-order valence-corrected chi connectivity index (χ0v) is 20.0. The van der Waals surface area contributed by atoms with Gasteiger partial charge in [-0.05, 0) is 47.9 Å². The maximum absolute atomic E-state index is 14.6. The third-order valence-electron chi connectivity index (χ3n) is 5.78. The van der Waals surface area contributed by atoms with Crippen molar-refractivity contribution in [1.82, 2.24) is 9.97 Å². The van der Waals surface area contributed by atoms with Crippen LogP contribution in [-0.4, -0.2) is 35.6 Å². The molecule has 0 aliphatic rings. The Labute approximate surface area is 210 Å². The molecule has 2 aromatic carbocycles. The minimum atomic E-state index is -0.762. The summed E-state index contributed by atoms with van der Waals surface area (Å²) in [7, 11) is 1.33. The number of amides is 1. The number of carbonyl (C=O) groups is 3. The summed E-state index contributed by atoms with van der Waals surface area (Å²) in [6.45, 7) is 1.83. The molecular formula is C27H19ClFN3O4. The van der Waals surface area contributed by atoms with Crippen LogP contribution in [0.2, 0.25) is 5.02 Å². The molecule has 2 aromatic heterocycles. The van der Waals surface area contributed by atoms with Gasteiger partial charge in [0.1, 0.15) is 17.3 Å². The van der Waals surface area contributed by atoms with Crippen molar-refractivity contribution in [3.63, 3.8) is 0 Å². The molecule has 2 N–H and O–H groups in total. The molecule has 9 heteroatoms. The van der Waals surface area contributed by atoms with Gasteiger partial charge in [0.25, 0.3) is 5.91 Å². The topological polar surface area (TPSA) is 112 Å². The minimum Gasteiger partial charge on any atom is -0.496 e. The number of aldehydes is 2. The van der Waals surface area contributed by atoms with Crippen molar-refractivity contribution >= 4 is 30.1 Å². The monoisotopic (exact) mass is 503 g/mol. The van der Waals surface area contributed by atoms with E-state index in [2.05, 4.69) is 9.97 Å². The number of methoxy groups -OCH3 is 1. The Morgan fingerprint density at radius 1 is 1.03 bits per heavy atom. The van der Waals surface area contributed by atoms with Gasteiger partial charge in [-0.25, -0.2) is 9.37 Å². The minimum absolute atomic E-state index is 0.0280. The summed E-state index contributed by atoms with van der Waals surface area (Å²) in [6.07, 6.45) is 3.83. The van der Waals surface area contributed by atoms with Gasteiger partial charge in [0.15, 0.2) is 12.6 Å². The number of aromatic nitrogens is 2. The van der Waals surface area contributed by atoms with E-state index >= 15 is 0 Å². The molecule has 0 spiro atoms. The number of nitrogens with zero attached hydrogens (tertiary/aromatic N) is 2. The molecule has 0 radical (unpaired) electrons. The summed E-state index contributed by atoms with van der Waals surface area (Å²) in [5.74, 6) is -1.43. The number of rotatable bonds is 7. The number of ether oxygens (including phenoxy) is 1. The van der Waals surface area contributed by atoms with Crippen molar-refractivity contribution in [1.29, 1.82) is 0 Å². The fourth-order valence-corrected chi connectivity index (χ4v) is 4.35. The third kappa shape index (κ3) is 4.34. The van der Waals surface area contributed by atoms with Crippen LogP contribution in [0.3, 0.4) is 0 Å². The molecule has 4 aromatic rings. The lowest BCUT2D eigenvalue weighted by Crippen LogP contribution is -2.15. The Balaban J connectivity index is 1.91. The van der Waals surface area contributed by atoms with E-state index in [9.17, 15) is 18.8 Å². The van der Waals surface area contributed by atoms with Crippen LogP contribution in [-0.2, 0) is 0 Å². The molecule has 2 heterocycles. The first-order valence-electron chi connectivity index (χ1n) is 10.6. The Bertz CT molecular complexity index is 1540. The van der Waals surface area contributed by atoms with E-state index in [4.69, 9.17) is 22.1 Å². The van der Waals surface area contributed by atoms with Crippen LogP contribution in [0.25, 0.3) is 33.5 Å². The van der Waals surface area contributed by atoms with E-state index in [1.165, 1.54) is 31.6 Å². The second kappa shape index (κ2) is 10.1. The molecule has 0 fully saturated rings. The van der Waals surface area contributed by atoms with E-state index in [1.54, 1.807) is 24.3 Å². The van der Waals surface area contributed by atoms with Crippen LogP contribution >= 0.6 is 11.6 Å². The van der Waals surface area contributed by atoms with E-state index in [-0.39, 0.29) is 27.7 Å². The Morgan fingerprint density at radius 3 is 2.39 bits per heavy atom. The first-order chi connectivity index (χ1) is 17.3. The van der Waals surface area contributed by atoms with Crippen molar-refractivity contribution in [2.45, 2.75) is 6.92 Å². The second-order valence-corrected chi connectivity index (χ2v) is 8.22. The number of nitrogens with two attached hydrogens (primary N) is 1. The first kappa shape index (κ1) is 24.7. The van der Waals surface area contributed by atoms with Crippen LogP contribution in [0.4, 0.5) is 4.39 Å². The van der Waals surface area contributed by atoms with Gasteiger partial charge < -0.3 is 10.5 Å². The van der Waals surface area contributed by atoms with Crippen molar-refractivity contribution in [2.24, 2.45) is 5.73 Å². The molecule has 0 unspecified atom stereocenters. The van der Waals surface area contributed by atoms with Crippen molar-refractivity contribution in [3.8, 4) is 39.3 Å². The highest BCUT2D eigenvalue weighted by atomic mass is 35.5.